The van der Waals surface area contributed by atoms with Gasteiger partial charge in [-0.25, -0.2) is 0 Å². The number of hydrogen-bond acceptors (Lipinski definition) is 4. The lowest BCUT2D eigenvalue weighted by atomic mass is 10.0. The molecule has 3 rings (SSSR count). The molecule has 1 amide bonds. The van der Waals surface area contributed by atoms with Crippen LogP contribution < -0.4 is 0 Å². The van der Waals surface area contributed by atoms with Crippen molar-refractivity contribution in [1.82, 2.24) is 19.9 Å². The van der Waals surface area contributed by atoms with Crippen LogP contribution >= 0.6 is 0 Å². The highest BCUT2D eigenvalue weighted by atomic mass is 16.2. The molecule has 1 aromatic carbocycles. The lowest BCUT2D eigenvalue weighted by Gasteiger charge is -2.34. The van der Waals surface area contributed by atoms with E-state index in [1.807, 2.05) is 24.3 Å². The van der Waals surface area contributed by atoms with Crippen LogP contribution in [0.2, 0.25) is 0 Å². The largest absolute Gasteiger partial charge is 0.338 e. The Bertz CT molecular complexity index is 602. The number of nitriles is 1. The van der Waals surface area contributed by atoms with Gasteiger partial charge < -0.3 is 4.90 Å². The van der Waals surface area contributed by atoms with E-state index in [1.165, 1.54) is 4.80 Å². The minimum absolute atomic E-state index is 0.0152. The Morgan fingerprint density at radius 2 is 1.94 bits per heavy atom. The normalized spacial score (nSPS) is 15.4. The van der Waals surface area contributed by atoms with Gasteiger partial charge in [-0.15, -0.1) is 0 Å². The minimum atomic E-state index is -0.0400. The molecule has 1 aromatic heterocycles. The second kappa shape index (κ2) is 4.11. The predicted octanol–water partition coefficient (Wildman–Crippen LogP) is 0.413. The highest BCUT2D eigenvalue weighted by Gasteiger charge is 2.30. The van der Waals surface area contributed by atoms with Gasteiger partial charge in [0.1, 0.15) is 17.6 Å². The predicted molar refractivity (Wildman–Crippen MR) is 63.2 cm³/mol. The molecular weight excluding hydrogens is 230 g/mol. The monoisotopic (exact) mass is 241 g/mol. The van der Waals surface area contributed by atoms with Crippen LogP contribution in [0.15, 0.2) is 24.3 Å². The number of carbonyl (C=O) groups is 1. The molecule has 0 atom stereocenters. The summed E-state index contributed by atoms with van der Waals surface area (Å²) in [6.07, 6.45) is 0. The van der Waals surface area contributed by atoms with Crippen molar-refractivity contribution < 1.29 is 4.79 Å². The van der Waals surface area contributed by atoms with Crippen molar-refractivity contribution in [3.63, 3.8) is 0 Å². The third-order valence-electron chi connectivity index (χ3n) is 3.02. The van der Waals surface area contributed by atoms with Crippen molar-refractivity contribution in [2.75, 3.05) is 13.1 Å². The van der Waals surface area contributed by atoms with E-state index in [2.05, 4.69) is 16.3 Å². The summed E-state index contributed by atoms with van der Waals surface area (Å²) in [4.78, 5) is 14.9. The van der Waals surface area contributed by atoms with Crippen LogP contribution in [-0.2, 0) is 11.3 Å². The molecule has 0 spiro atoms. The number of aromatic nitrogens is 3. The topological polar surface area (TPSA) is 74.8 Å². The number of hydrogen-bond donors (Lipinski definition) is 0. The van der Waals surface area contributed by atoms with Gasteiger partial charge in [0, 0.05) is 13.1 Å². The molecular formula is C12H11N5O. The van der Waals surface area contributed by atoms with E-state index in [0.717, 1.165) is 11.0 Å². The van der Waals surface area contributed by atoms with E-state index in [-0.39, 0.29) is 18.4 Å². The quantitative estimate of drug-likeness (QED) is 0.763. The van der Waals surface area contributed by atoms with Gasteiger partial charge in [-0.1, -0.05) is 12.1 Å². The molecule has 0 bridgehead atoms. The summed E-state index contributed by atoms with van der Waals surface area (Å²) in [7, 11) is 0. The second-order valence-electron chi connectivity index (χ2n) is 4.34. The Morgan fingerprint density at radius 1 is 1.33 bits per heavy atom. The average molecular weight is 241 g/mol. The Labute approximate surface area is 103 Å². The number of amides is 1. The third-order valence-corrected chi connectivity index (χ3v) is 3.02. The van der Waals surface area contributed by atoms with E-state index in [4.69, 9.17) is 5.26 Å². The summed E-state index contributed by atoms with van der Waals surface area (Å²) in [6, 6.07) is 9.63. The van der Waals surface area contributed by atoms with E-state index >= 15 is 0 Å². The Morgan fingerprint density at radius 3 is 2.50 bits per heavy atom. The molecule has 1 fully saturated rings. The SMILES string of the molecule is N#CC1CN(C(=O)Cn2nc3ccccc3n2)C1. The van der Waals surface area contributed by atoms with Crippen LogP contribution in [0, 0.1) is 17.2 Å². The summed E-state index contributed by atoms with van der Waals surface area (Å²) in [5, 5.41) is 17.1. The van der Waals surface area contributed by atoms with E-state index in [0.29, 0.717) is 13.1 Å². The molecule has 0 unspecified atom stereocenters. The fourth-order valence-corrected chi connectivity index (χ4v) is 1.96. The maximum absolute atomic E-state index is 11.8. The molecule has 1 aliphatic heterocycles. The summed E-state index contributed by atoms with van der Waals surface area (Å²) < 4.78 is 0. The number of carbonyl (C=O) groups excluding carboxylic acids is 1. The maximum atomic E-state index is 11.8. The van der Waals surface area contributed by atoms with Crippen molar-refractivity contribution in [3.8, 4) is 6.07 Å². The number of likely N-dealkylation sites (tertiary alicyclic amines) is 1. The van der Waals surface area contributed by atoms with Crippen LogP contribution in [-0.4, -0.2) is 38.9 Å². The smallest absolute Gasteiger partial charge is 0.246 e. The van der Waals surface area contributed by atoms with Crippen molar-refractivity contribution in [3.05, 3.63) is 24.3 Å². The molecule has 1 saturated heterocycles. The van der Waals surface area contributed by atoms with Crippen molar-refractivity contribution in [1.29, 1.82) is 5.26 Å². The lowest BCUT2D eigenvalue weighted by molar-refractivity contribution is -0.137. The zero-order valence-electron chi connectivity index (χ0n) is 9.65. The van der Waals surface area contributed by atoms with Crippen molar-refractivity contribution >= 4 is 16.9 Å². The summed E-state index contributed by atoms with van der Waals surface area (Å²) in [6.45, 7) is 1.18. The van der Waals surface area contributed by atoms with Gasteiger partial charge in [-0.2, -0.15) is 20.3 Å². The summed E-state index contributed by atoms with van der Waals surface area (Å²) in [5.41, 5.74) is 1.56. The fourth-order valence-electron chi connectivity index (χ4n) is 1.96. The molecule has 0 N–H and O–H groups in total. The van der Waals surface area contributed by atoms with Gasteiger partial charge in [0.05, 0.1) is 12.0 Å². The number of rotatable bonds is 2. The molecule has 90 valence electrons. The first kappa shape index (κ1) is 10.7. The Balaban J connectivity index is 1.69. The molecule has 6 nitrogen and oxygen atoms in total. The highest BCUT2D eigenvalue weighted by Crippen LogP contribution is 2.15. The number of fused-ring (bicyclic) bond motifs is 1. The second-order valence-corrected chi connectivity index (χ2v) is 4.34. The molecule has 18 heavy (non-hydrogen) atoms. The molecule has 2 heterocycles. The lowest BCUT2D eigenvalue weighted by Crippen LogP contribution is -2.50. The van der Waals surface area contributed by atoms with Gasteiger partial charge in [-0.05, 0) is 12.1 Å². The number of benzene rings is 1. The first-order chi connectivity index (χ1) is 8.76. The van der Waals surface area contributed by atoms with Crippen LogP contribution in [0.1, 0.15) is 0 Å². The van der Waals surface area contributed by atoms with E-state index in [9.17, 15) is 4.79 Å². The molecule has 0 aliphatic carbocycles. The first-order valence-electron chi connectivity index (χ1n) is 5.73. The Hall–Kier alpha value is -2.42. The minimum Gasteiger partial charge on any atom is -0.338 e. The summed E-state index contributed by atoms with van der Waals surface area (Å²) >= 11 is 0. The van der Waals surface area contributed by atoms with Gasteiger partial charge >= 0.3 is 0 Å². The standard InChI is InChI=1S/C12H11N5O/c13-5-9-6-16(7-9)12(18)8-17-14-10-3-1-2-4-11(10)15-17/h1-4,9H,6-8H2. The molecule has 0 saturated carbocycles. The van der Waals surface area contributed by atoms with Crippen LogP contribution in [0.3, 0.4) is 0 Å². The maximum Gasteiger partial charge on any atom is 0.246 e. The van der Waals surface area contributed by atoms with Gasteiger partial charge in [0.15, 0.2) is 0 Å². The van der Waals surface area contributed by atoms with Gasteiger partial charge in [0.2, 0.25) is 5.91 Å². The van der Waals surface area contributed by atoms with Crippen molar-refractivity contribution in [2.45, 2.75) is 6.54 Å². The van der Waals surface area contributed by atoms with E-state index in [1.54, 1.807) is 4.90 Å². The molecule has 6 heteroatoms. The average Bonchev–Trinajstić information content (AvgIpc) is 2.69. The van der Waals surface area contributed by atoms with Crippen LogP contribution in [0.25, 0.3) is 11.0 Å². The van der Waals surface area contributed by atoms with E-state index < -0.39 is 0 Å². The molecule has 1 aliphatic rings. The van der Waals surface area contributed by atoms with Crippen molar-refractivity contribution in [2.24, 2.45) is 5.92 Å². The molecule has 2 aromatic rings. The van der Waals surface area contributed by atoms with Gasteiger partial charge in [0.25, 0.3) is 0 Å². The highest BCUT2D eigenvalue weighted by molar-refractivity contribution is 5.78. The zero-order valence-corrected chi connectivity index (χ0v) is 9.65. The van der Waals surface area contributed by atoms with Gasteiger partial charge in [-0.3, -0.25) is 4.79 Å². The van der Waals surface area contributed by atoms with Crippen LogP contribution in [0.4, 0.5) is 0 Å². The summed E-state index contributed by atoms with van der Waals surface area (Å²) in [5.74, 6) is -0.0552. The fraction of sp³-hybridized carbons (Fsp3) is 0.333. The molecule has 0 radical (unpaired) electrons. The third kappa shape index (κ3) is 1.80. The van der Waals surface area contributed by atoms with Crippen LogP contribution in [0.5, 0.6) is 0 Å². The first-order valence-corrected chi connectivity index (χ1v) is 5.73. The number of nitrogens with zero attached hydrogens (tertiary/aromatic N) is 5. The zero-order chi connectivity index (χ0) is 12.5. The Kier molecular flexibility index (Phi) is 2.45.